The Morgan fingerprint density at radius 2 is 2.19 bits per heavy atom. The van der Waals surface area contributed by atoms with Crippen LogP contribution >= 0.6 is 11.8 Å². The molecule has 0 aliphatic heterocycles. The molecule has 0 bridgehead atoms. The van der Waals surface area contributed by atoms with E-state index in [9.17, 15) is 4.79 Å². The highest BCUT2D eigenvalue weighted by Gasteiger charge is 2.33. The van der Waals surface area contributed by atoms with Crippen molar-refractivity contribution in [1.29, 1.82) is 0 Å². The minimum Gasteiger partial charge on any atom is -0.370 e. The Labute approximate surface area is 102 Å². The number of carbonyl (C=O) groups excluding carboxylic acids is 1. The van der Waals surface area contributed by atoms with E-state index in [1.807, 2.05) is 11.8 Å². The van der Waals surface area contributed by atoms with Crippen LogP contribution in [0.3, 0.4) is 0 Å². The maximum absolute atomic E-state index is 11.7. The number of thioether (sulfide) groups is 1. The molecule has 5 heteroatoms. The summed E-state index contributed by atoms with van der Waals surface area (Å²) in [6.45, 7) is 0.960. The molecule has 16 heavy (non-hydrogen) atoms. The lowest BCUT2D eigenvalue weighted by atomic mass is 10.1. The second kappa shape index (κ2) is 6.47. The highest BCUT2D eigenvalue weighted by Crippen LogP contribution is 2.39. The molecule has 3 N–H and O–H groups in total. The molecular weight excluding hydrogens is 224 g/mol. The Kier molecular flexibility index (Phi) is 5.58. The molecule has 1 rings (SSSR count). The fraction of sp³-hybridized carbons (Fsp3) is 0.909. The average Bonchev–Trinajstić information content (AvgIpc) is 2.77. The van der Waals surface area contributed by atoms with Gasteiger partial charge in [-0.05, 0) is 19.1 Å². The zero-order valence-electron chi connectivity index (χ0n) is 10.1. The molecule has 1 aliphatic carbocycles. The number of nitrogens with two attached hydrogens (primary N) is 1. The third-order valence-electron chi connectivity index (χ3n) is 3.32. The highest BCUT2D eigenvalue weighted by molar-refractivity contribution is 8.00. The molecule has 1 fully saturated rings. The molecule has 1 atom stereocenters. The SMILES string of the molecule is COC(CN)C(=O)NCC1(SC)CCCC1. The minimum absolute atomic E-state index is 0.0923. The number of carbonyl (C=O) groups is 1. The number of ether oxygens (including phenoxy) is 1. The van der Waals surface area contributed by atoms with Gasteiger partial charge in [0.05, 0.1) is 0 Å². The second-order valence-electron chi connectivity index (χ2n) is 4.27. The third kappa shape index (κ3) is 3.37. The Morgan fingerprint density at radius 3 is 2.62 bits per heavy atom. The van der Waals surface area contributed by atoms with E-state index in [2.05, 4.69) is 11.6 Å². The number of hydrogen-bond acceptors (Lipinski definition) is 4. The first-order chi connectivity index (χ1) is 7.67. The maximum atomic E-state index is 11.7. The second-order valence-corrected chi connectivity index (χ2v) is 5.55. The van der Waals surface area contributed by atoms with Crippen molar-refractivity contribution < 1.29 is 9.53 Å². The van der Waals surface area contributed by atoms with Crippen molar-refractivity contribution in [1.82, 2.24) is 5.32 Å². The van der Waals surface area contributed by atoms with Gasteiger partial charge in [0.15, 0.2) is 0 Å². The summed E-state index contributed by atoms with van der Waals surface area (Å²) in [6, 6.07) is 0. The Hall–Kier alpha value is -0.260. The molecule has 0 radical (unpaired) electrons. The molecule has 1 saturated carbocycles. The maximum Gasteiger partial charge on any atom is 0.250 e. The molecule has 1 aliphatic rings. The number of hydrogen-bond donors (Lipinski definition) is 2. The van der Waals surface area contributed by atoms with Crippen molar-refractivity contribution in [3.8, 4) is 0 Å². The predicted molar refractivity (Wildman–Crippen MR) is 67.6 cm³/mol. The van der Waals surface area contributed by atoms with Crippen LogP contribution < -0.4 is 11.1 Å². The van der Waals surface area contributed by atoms with Crippen LogP contribution in [0.1, 0.15) is 25.7 Å². The molecule has 0 aromatic carbocycles. The Morgan fingerprint density at radius 1 is 1.56 bits per heavy atom. The van der Waals surface area contributed by atoms with Crippen LogP contribution in [0.5, 0.6) is 0 Å². The average molecular weight is 246 g/mol. The van der Waals surface area contributed by atoms with Gasteiger partial charge in [0.25, 0.3) is 0 Å². The van der Waals surface area contributed by atoms with E-state index in [-0.39, 0.29) is 17.2 Å². The van der Waals surface area contributed by atoms with E-state index in [1.165, 1.54) is 32.8 Å². The lowest BCUT2D eigenvalue weighted by molar-refractivity contribution is -0.130. The zero-order valence-corrected chi connectivity index (χ0v) is 10.9. The first-order valence-corrected chi connectivity index (χ1v) is 6.95. The molecular formula is C11H22N2O2S. The first kappa shape index (κ1) is 13.8. The zero-order chi connectivity index (χ0) is 12.0. The van der Waals surface area contributed by atoms with Gasteiger partial charge in [-0.25, -0.2) is 0 Å². The van der Waals surface area contributed by atoms with Crippen molar-refractivity contribution in [2.45, 2.75) is 36.5 Å². The van der Waals surface area contributed by atoms with E-state index in [1.54, 1.807) is 0 Å². The normalized spacial score (nSPS) is 20.7. The third-order valence-corrected chi connectivity index (χ3v) is 4.74. The monoisotopic (exact) mass is 246 g/mol. The van der Waals surface area contributed by atoms with Crippen molar-refractivity contribution >= 4 is 17.7 Å². The van der Waals surface area contributed by atoms with E-state index in [0.29, 0.717) is 0 Å². The lowest BCUT2D eigenvalue weighted by Gasteiger charge is -2.27. The number of amides is 1. The number of nitrogens with one attached hydrogen (secondary N) is 1. The van der Waals surface area contributed by atoms with Crippen LogP contribution in [0.2, 0.25) is 0 Å². The Balaban J connectivity index is 2.40. The van der Waals surface area contributed by atoms with Gasteiger partial charge in [0, 0.05) is 24.9 Å². The first-order valence-electron chi connectivity index (χ1n) is 5.73. The lowest BCUT2D eigenvalue weighted by Crippen LogP contribution is -2.45. The quantitative estimate of drug-likeness (QED) is 0.726. The highest BCUT2D eigenvalue weighted by atomic mass is 32.2. The number of methoxy groups -OCH3 is 1. The summed E-state index contributed by atoms with van der Waals surface area (Å²) >= 11 is 1.86. The standard InChI is InChI=1S/C11H22N2O2S/c1-15-9(7-12)10(14)13-8-11(16-2)5-3-4-6-11/h9H,3-8,12H2,1-2H3,(H,13,14). The molecule has 0 saturated heterocycles. The van der Waals surface area contributed by atoms with Gasteiger partial charge in [0.1, 0.15) is 6.10 Å². The molecule has 0 heterocycles. The summed E-state index contributed by atoms with van der Waals surface area (Å²) < 4.78 is 5.24. The minimum atomic E-state index is -0.514. The van der Waals surface area contributed by atoms with Gasteiger partial charge < -0.3 is 15.8 Å². The summed E-state index contributed by atoms with van der Waals surface area (Å²) in [5, 5.41) is 2.95. The molecule has 0 aromatic rings. The van der Waals surface area contributed by atoms with Gasteiger partial charge in [-0.2, -0.15) is 11.8 Å². The van der Waals surface area contributed by atoms with Crippen molar-refractivity contribution in [2.24, 2.45) is 5.73 Å². The summed E-state index contributed by atoms with van der Waals surface area (Å²) in [5.74, 6) is -0.0923. The summed E-state index contributed by atoms with van der Waals surface area (Å²) in [6.07, 6.45) is 6.51. The van der Waals surface area contributed by atoms with Crippen LogP contribution in [0.15, 0.2) is 0 Å². The summed E-state index contributed by atoms with van der Waals surface area (Å²) in [4.78, 5) is 11.7. The molecule has 0 aromatic heterocycles. The molecule has 4 nitrogen and oxygen atoms in total. The summed E-state index contributed by atoms with van der Waals surface area (Å²) in [5.41, 5.74) is 5.44. The van der Waals surface area contributed by atoms with Crippen LogP contribution in [-0.4, -0.2) is 43.2 Å². The van der Waals surface area contributed by atoms with E-state index in [0.717, 1.165) is 6.54 Å². The fourth-order valence-corrected chi connectivity index (χ4v) is 3.06. The van der Waals surface area contributed by atoms with E-state index in [4.69, 9.17) is 10.5 Å². The van der Waals surface area contributed by atoms with Crippen molar-refractivity contribution in [3.63, 3.8) is 0 Å². The van der Waals surface area contributed by atoms with Gasteiger partial charge in [-0.1, -0.05) is 12.8 Å². The fourth-order valence-electron chi connectivity index (χ4n) is 2.14. The van der Waals surface area contributed by atoms with E-state index < -0.39 is 6.10 Å². The van der Waals surface area contributed by atoms with Crippen LogP contribution in [0.4, 0.5) is 0 Å². The summed E-state index contributed by atoms with van der Waals surface area (Å²) in [7, 11) is 1.51. The van der Waals surface area contributed by atoms with Crippen LogP contribution in [0.25, 0.3) is 0 Å². The van der Waals surface area contributed by atoms with Crippen molar-refractivity contribution in [2.75, 3.05) is 26.5 Å². The largest absolute Gasteiger partial charge is 0.370 e. The molecule has 1 amide bonds. The van der Waals surface area contributed by atoms with Crippen molar-refractivity contribution in [3.05, 3.63) is 0 Å². The van der Waals surface area contributed by atoms with Crippen LogP contribution in [0, 0.1) is 0 Å². The van der Waals surface area contributed by atoms with Gasteiger partial charge >= 0.3 is 0 Å². The predicted octanol–water partition coefficient (Wildman–Crippen LogP) is 0.752. The van der Waals surface area contributed by atoms with E-state index >= 15 is 0 Å². The number of rotatable bonds is 6. The Bertz CT molecular complexity index is 226. The molecule has 0 spiro atoms. The van der Waals surface area contributed by atoms with Gasteiger partial charge in [-0.3, -0.25) is 4.79 Å². The smallest absolute Gasteiger partial charge is 0.250 e. The van der Waals surface area contributed by atoms with Gasteiger partial charge in [-0.15, -0.1) is 0 Å². The topological polar surface area (TPSA) is 64.3 Å². The molecule has 1 unspecified atom stereocenters. The molecule has 94 valence electrons. The van der Waals surface area contributed by atoms with Gasteiger partial charge in [0.2, 0.25) is 5.91 Å². The van der Waals surface area contributed by atoms with Crippen LogP contribution in [-0.2, 0) is 9.53 Å².